The molecular formula is C71H47F3N12O18. The third kappa shape index (κ3) is 13.3. The molecule has 0 spiro atoms. The molecule has 0 saturated heterocycles. The first-order valence-corrected chi connectivity index (χ1v) is 30.8. The van der Waals surface area contributed by atoms with E-state index in [2.05, 4.69) is 4.99 Å². The molecule has 0 aromatic heterocycles. The molecule has 0 atom stereocenters. The topological polar surface area (TPSA) is 425 Å². The average Bonchev–Trinajstić information content (AvgIpc) is 1.59. The number of alkyl halides is 3. The molecule has 3 aliphatic carbocycles. The standard InChI is InChI=1S/C26H16N4O6.C24H20N4O6.C21H11F3N4O6/c1-15-10-20-24(22(11-15)29(33)34)25-21(13-19(28(31)32)14-23(25)30(35)36)26(20)27-18-9-5-8-17(12-18)16-6-3-2-4-7-16;1-4-14-7-6-8-15(5-2)23(14)25-24-17-9-13(3)10-19(27(31)32)21(17)22-18(24)11-16(26(29)30)12-20(22)28(33)34;1-10-6-12-18(16(7-10)27(31)32)19-13(8-11(26(29)30)9-17(19)28(33)34)20(12)25-15-5-3-2-4-14(15)21(22,23)24/h2-14H,1H3;6-12H,4-5H2,1-3H3;2-9H,1H3. The summed E-state index contributed by atoms with van der Waals surface area (Å²) >= 11 is 0. The maximum atomic E-state index is 13.6. The van der Waals surface area contributed by atoms with E-state index in [0.29, 0.717) is 58.1 Å². The van der Waals surface area contributed by atoms with Gasteiger partial charge in [0, 0.05) is 69.8 Å². The van der Waals surface area contributed by atoms with Gasteiger partial charge < -0.3 is 0 Å². The van der Waals surface area contributed by atoms with Crippen LogP contribution in [0.4, 0.5) is 81.4 Å². The summed E-state index contributed by atoms with van der Waals surface area (Å²) in [5.41, 5.74) is 0.0405. The van der Waals surface area contributed by atoms with Crippen molar-refractivity contribution in [1.82, 2.24) is 0 Å². The summed E-state index contributed by atoms with van der Waals surface area (Å²) in [5, 5.41) is 106. The van der Waals surface area contributed by atoms with Crippen LogP contribution >= 0.6 is 0 Å². The molecule has 0 unspecified atom stereocenters. The van der Waals surface area contributed by atoms with Crippen molar-refractivity contribution >= 4 is 85.4 Å². The van der Waals surface area contributed by atoms with Gasteiger partial charge in [0.15, 0.2) is 0 Å². The van der Waals surface area contributed by atoms with E-state index < -0.39 is 102 Å². The van der Waals surface area contributed by atoms with Crippen molar-refractivity contribution in [3.05, 3.63) is 328 Å². The van der Waals surface area contributed by atoms with Crippen LogP contribution in [0.5, 0.6) is 0 Å². The van der Waals surface area contributed by atoms with Crippen LogP contribution in [0.25, 0.3) is 44.5 Å². The van der Waals surface area contributed by atoms with E-state index in [0.717, 1.165) is 64.7 Å². The van der Waals surface area contributed by atoms with Crippen LogP contribution in [0.15, 0.2) is 185 Å². The number of aryl methyl sites for hydroxylation is 5. The van der Waals surface area contributed by atoms with Crippen molar-refractivity contribution in [3.63, 3.8) is 0 Å². The van der Waals surface area contributed by atoms with Crippen LogP contribution in [-0.2, 0) is 19.0 Å². The molecule has 0 N–H and O–H groups in total. The zero-order valence-electron chi connectivity index (χ0n) is 54.4. The minimum absolute atomic E-state index is 0.0249. The zero-order valence-corrected chi connectivity index (χ0v) is 54.4. The molecule has 104 heavy (non-hydrogen) atoms. The predicted octanol–water partition coefficient (Wildman–Crippen LogP) is 18.4. The van der Waals surface area contributed by atoms with Gasteiger partial charge in [-0.05, 0) is 115 Å². The van der Waals surface area contributed by atoms with Gasteiger partial charge in [0.1, 0.15) is 0 Å². The SMILES string of the molecule is CCc1cccc(CC)c1N=C1c2cc(C)cc([N+](=O)[O-])c2-c2c1cc([N+](=O)[O-])cc2[N+](=O)[O-].Cc1cc2c(c([N+](=O)[O-])c1)-c1c(cc([N+](=O)[O-])cc1[N+](=O)[O-])C2=Nc1cccc(-c2ccccc2)c1.Cc1cc2c(c([N+](=O)[O-])c1)-c1c(cc([N+](=O)[O-])cc1[N+](=O)[O-])C2=Nc1ccccc1C(F)(F)F. The second-order valence-corrected chi connectivity index (χ2v) is 23.5. The Labute approximate surface area is 581 Å². The molecule has 0 radical (unpaired) electrons. The second kappa shape index (κ2) is 27.7. The highest BCUT2D eigenvalue weighted by molar-refractivity contribution is 6.30. The van der Waals surface area contributed by atoms with Crippen LogP contribution in [-0.4, -0.2) is 61.4 Å². The number of hydrogen-bond donors (Lipinski definition) is 0. The van der Waals surface area contributed by atoms with Gasteiger partial charge in [-0.1, -0.05) is 86.6 Å². The van der Waals surface area contributed by atoms with Crippen LogP contribution in [0.1, 0.15) is 80.6 Å². The van der Waals surface area contributed by atoms with E-state index in [1.807, 2.05) is 74.5 Å². The number of nitrogens with zero attached hydrogens (tertiary/aromatic N) is 12. The maximum absolute atomic E-state index is 13.6. The Morgan fingerprint density at radius 3 is 1.00 bits per heavy atom. The number of nitro benzene ring substituents is 9. The predicted molar refractivity (Wildman–Crippen MR) is 374 cm³/mol. The van der Waals surface area contributed by atoms with Crippen molar-refractivity contribution in [3.8, 4) is 44.5 Å². The van der Waals surface area contributed by atoms with Gasteiger partial charge in [-0.15, -0.1) is 0 Å². The summed E-state index contributed by atoms with van der Waals surface area (Å²) in [4.78, 5) is 113. The van der Waals surface area contributed by atoms with Crippen molar-refractivity contribution in [1.29, 1.82) is 0 Å². The summed E-state index contributed by atoms with van der Waals surface area (Å²) in [6.45, 7) is 8.79. The molecule has 0 heterocycles. The van der Waals surface area contributed by atoms with Gasteiger partial charge >= 0.3 is 6.18 Å². The molecule has 10 aromatic carbocycles. The molecule has 0 amide bonds. The van der Waals surface area contributed by atoms with E-state index in [-0.39, 0.29) is 84.1 Å². The molecule has 0 aliphatic heterocycles. The lowest BCUT2D eigenvalue weighted by Crippen LogP contribution is -2.06. The highest BCUT2D eigenvalue weighted by Gasteiger charge is 2.44. The molecule has 10 aromatic rings. The number of aliphatic imine (C=N–C) groups is 3. The van der Waals surface area contributed by atoms with E-state index in [1.165, 1.54) is 43.3 Å². The number of hydrogen-bond acceptors (Lipinski definition) is 21. The summed E-state index contributed by atoms with van der Waals surface area (Å²) in [5.74, 6) is 0. The van der Waals surface area contributed by atoms with Gasteiger partial charge in [-0.25, -0.2) is 15.0 Å². The molecule has 0 bridgehead atoms. The second-order valence-electron chi connectivity index (χ2n) is 23.5. The highest BCUT2D eigenvalue weighted by Crippen LogP contribution is 2.54. The third-order valence-corrected chi connectivity index (χ3v) is 17.0. The van der Waals surface area contributed by atoms with E-state index in [4.69, 9.17) is 9.98 Å². The largest absolute Gasteiger partial charge is 0.418 e. The molecule has 3 aliphatic rings. The smallest absolute Gasteiger partial charge is 0.258 e. The highest BCUT2D eigenvalue weighted by atomic mass is 19.4. The molecule has 0 fully saturated rings. The van der Waals surface area contributed by atoms with Gasteiger partial charge in [0.05, 0.1) is 136 Å². The van der Waals surface area contributed by atoms with Crippen LogP contribution in [0.2, 0.25) is 0 Å². The van der Waals surface area contributed by atoms with Crippen molar-refractivity contribution in [2.24, 2.45) is 15.0 Å². The minimum atomic E-state index is -4.79. The molecule has 0 saturated carbocycles. The molecule has 30 nitrogen and oxygen atoms in total. The fraction of sp³-hybridized carbons (Fsp3) is 0.113. The van der Waals surface area contributed by atoms with Crippen LogP contribution in [0, 0.1) is 112 Å². The third-order valence-electron chi connectivity index (χ3n) is 17.0. The maximum Gasteiger partial charge on any atom is 0.418 e. The lowest BCUT2D eigenvalue weighted by Gasteiger charge is -2.11. The van der Waals surface area contributed by atoms with Gasteiger partial charge in [-0.2, -0.15) is 13.2 Å². The average molecular weight is 1410 g/mol. The molecule has 13 rings (SSSR count). The first-order valence-electron chi connectivity index (χ1n) is 30.8. The number of non-ortho nitro benzene ring substituents is 3. The van der Waals surface area contributed by atoms with Crippen LogP contribution < -0.4 is 0 Å². The molecule has 33 heteroatoms. The van der Waals surface area contributed by atoms with Crippen molar-refractivity contribution in [2.75, 3.05) is 0 Å². The normalized spacial score (nSPS) is 13.1. The Morgan fingerprint density at radius 2 is 0.644 bits per heavy atom. The first kappa shape index (κ1) is 70.9. The summed E-state index contributed by atoms with van der Waals surface area (Å²) in [7, 11) is 0. The van der Waals surface area contributed by atoms with Crippen molar-refractivity contribution in [2.45, 2.75) is 53.6 Å². The number of fused-ring (bicyclic) bond motifs is 9. The number of benzene rings is 10. The van der Waals surface area contributed by atoms with Gasteiger partial charge in [-0.3, -0.25) is 91.0 Å². The Morgan fingerprint density at radius 1 is 0.327 bits per heavy atom. The van der Waals surface area contributed by atoms with Gasteiger partial charge in [0.25, 0.3) is 51.2 Å². The Hall–Kier alpha value is -14.4. The number of nitro groups is 9. The Bertz CT molecular complexity index is 5560. The Kier molecular flexibility index (Phi) is 18.9. The fourth-order valence-corrected chi connectivity index (χ4v) is 12.7. The summed E-state index contributed by atoms with van der Waals surface area (Å²) < 4.78 is 40.7. The van der Waals surface area contributed by atoms with Gasteiger partial charge in [0.2, 0.25) is 0 Å². The monoisotopic (exact) mass is 1410 g/mol. The lowest BCUT2D eigenvalue weighted by molar-refractivity contribution is -0.394. The molecular weight excluding hydrogens is 1370 g/mol. The quantitative estimate of drug-likeness (QED) is 0.0679. The van der Waals surface area contributed by atoms with E-state index in [1.54, 1.807) is 38.1 Å². The Balaban J connectivity index is 0.000000156. The van der Waals surface area contributed by atoms with Crippen LogP contribution in [0.3, 0.4) is 0 Å². The number of para-hydroxylation sites is 2. The van der Waals surface area contributed by atoms with Crippen molar-refractivity contribution < 1.29 is 57.5 Å². The fourth-order valence-electron chi connectivity index (χ4n) is 12.7. The van der Waals surface area contributed by atoms with E-state index in [9.17, 15) is 104 Å². The minimum Gasteiger partial charge on any atom is -0.258 e. The number of rotatable bonds is 15. The summed E-state index contributed by atoms with van der Waals surface area (Å²) in [6, 6.07) is 41.0. The summed E-state index contributed by atoms with van der Waals surface area (Å²) in [6.07, 6.45) is -3.45. The zero-order chi connectivity index (χ0) is 75.2. The first-order chi connectivity index (χ1) is 49.3. The number of halogens is 3. The molecule has 520 valence electrons. The van der Waals surface area contributed by atoms with E-state index >= 15 is 0 Å². The lowest BCUT2D eigenvalue weighted by atomic mass is 9.99.